The van der Waals surface area contributed by atoms with Crippen molar-refractivity contribution in [2.45, 2.75) is 6.42 Å². The summed E-state index contributed by atoms with van der Waals surface area (Å²) in [5.41, 5.74) is 1.22. The van der Waals surface area contributed by atoms with Crippen LogP contribution in [0.15, 0.2) is 34.3 Å². The normalized spacial score (nSPS) is 14.7. The van der Waals surface area contributed by atoms with Crippen LogP contribution in [0.5, 0.6) is 0 Å². The molecule has 0 amide bonds. The summed E-state index contributed by atoms with van der Waals surface area (Å²) in [6.45, 7) is 0.986. The fourth-order valence-corrected chi connectivity index (χ4v) is 2.46. The van der Waals surface area contributed by atoms with Crippen molar-refractivity contribution in [3.63, 3.8) is 0 Å². The minimum atomic E-state index is -0.401. The van der Waals surface area contributed by atoms with Crippen molar-refractivity contribution >= 4 is 33.3 Å². The molecule has 1 aromatic carbocycles. The van der Waals surface area contributed by atoms with Gasteiger partial charge in [-0.05, 0) is 18.6 Å². The van der Waals surface area contributed by atoms with Gasteiger partial charge in [-0.1, -0.05) is 22.0 Å². The lowest BCUT2D eigenvalue weighted by Gasteiger charge is -2.27. The van der Waals surface area contributed by atoms with Crippen LogP contribution in [0, 0.1) is 10.1 Å². The molecule has 0 fully saturated rings. The molecule has 0 radical (unpaired) electrons. The second-order valence-electron chi connectivity index (χ2n) is 4.31. The Labute approximate surface area is 124 Å². The maximum Gasteiger partial charge on any atom is 0.333 e. The zero-order chi connectivity index (χ0) is 14.7. The number of nitro groups is 1. The Balaban J connectivity index is 2.26. The van der Waals surface area contributed by atoms with Gasteiger partial charge in [-0.15, -0.1) is 0 Å². The summed E-state index contributed by atoms with van der Waals surface area (Å²) in [5, 5.41) is 11.1. The summed E-state index contributed by atoms with van der Waals surface area (Å²) in [6.07, 6.45) is 2.26. The molecule has 1 aromatic rings. The topological polar surface area (TPSA) is 72.7 Å². The standard InChI is InChI=1S/C13H13BrN2O4/c1-20-13(17)9-4-6-15(7-5-9)12-8-10(14)2-3-11(12)16(18)19/h2-4,8H,5-7H2,1H3. The highest BCUT2D eigenvalue weighted by Gasteiger charge is 2.23. The van der Waals surface area contributed by atoms with Crippen LogP contribution >= 0.6 is 15.9 Å². The summed E-state index contributed by atoms with van der Waals surface area (Å²) in [5.74, 6) is -0.339. The number of methoxy groups -OCH3 is 1. The van der Waals surface area contributed by atoms with E-state index in [2.05, 4.69) is 20.7 Å². The fraction of sp³-hybridized carbons (Fsp3) is 0.308. The number of benzene rings is 1. The van der Waals surface area contributed by atoms with E-state index in [0.29, 0.717) is 30.8 Å². The third-order valence-corrected chi connectivity index (χ3v) is 3.62. The van der Waals surface area contributed by atoms with Gasteiger partial charge in [0, 0.05) is 29.2 Å². The van der Waals surface area contributed by atoms with Crippen molar-refractivity contribution in [2.24, 2.45) is 0 Å². The second-order valence-corrected chi connectivity index (χ2v) is 5.22. The van der Waals surface area contributed by atoms with Crippen LogP contribution in [0.25, 0.3) is 0 Å². The highest BCUT2D eigenvalue weighted by atomic mass is 79.9. The molecule has 0 aliphatic carbocycles. The smallest absolute Gasteiger partial charge is 0.333 e. The number of hydrogen-bond acceptors (Lipinski definition) is 5. The van der Waals surface area contributed by atoms with Crippen LogP contribution < -0.4 is 4.90 Å². The molecule has 0 saturated heterocycles. The first kappa shape index (κ1) is 14.5. The number of nitrogens with zero attached hydrogens (tertiary/aromatic N) is 2. The van der Waals surface area contributed by atoms with Crippen molar-refractivity contribution in [1.82, 2.24) is 0 Å². The van der Waals surface area contributed by atoms with Gasteiger partial charge in [-0.2, -0.15) is 0 Å². The van der Waals surface area contributed by atoms with Gasteiger partial charge in [0.15, 0.2) is 0 Å². The molecule has 106 valence electrons. The molecule has 1 aliphatic rings. The van der Waals surface area contributed by atoms with E-state index in [1.165, 1.54) is 13.2 Å². The van der Waals surface area contributed by atoms with E-state index in [-0.39, 0.29) is 11.7 Å². The molecular weight excluding hydrogens is 328 g/mol. The first-order chi connectivity index (χ1) is 9.52. The van der Waals surface area contributed by atoms with E-state index >= 15 is 0 Å². The van der Waals surface area contributed by atoms with Crippen LogP contribution in [0.1, 0.15) is 6.42 Å². The summed E-state index contributed by atoms with van der Waals surface area (Å²) in [6, 6.07) is 4.83. The van der Waals surface area contributed by atoms with Gasteiger partial charge in [-0.3, -0.25) is 10.1 Å². The van der Waals surface area contributed by atoms with E-state index in [9.17, 15) is 14.9 Å². The number of ether oxygens (including phenoxy) is 1. The van der Waals surface area contributed by atoms with E-state index in [4.69, 9.17) is 0 Å². The third kappa shape index (κ3) is 2.98. The van der Waals surface area contributed by atoms with Crippen molar-refractivity contribution < 1.29 is 14.5 Å². The molecule has 0 N–H and O–H groups in total. The largest absolute Gasteiger partial charge is 0.466 e. The lowest BCUT2D eigenvalue weighted by atomic mass is 10.1. The molecule has 0 spiro atoms. The number of halogens is 1. The van der Waals surface area contributed by atoms with E-state index in [1.54, 1.807) is 18.2 Å². The Morgan fingerprint density at radius 1 is 1.50 bits per heavy atom. The molecule has 2 rings (SSSR count). The number of rotatable bonds is 3. The maximum atomic E-state index is 11.4. The number of esters is 1. The minimum Gasteiger partial charge on any atom is -0.466 e. The first-order valence-electron chi connectivity index (χ1n) is 5.99. The zero-order valence-corrected chi connectivity index (χ0v) is 12.4. The number of anilines is 1. The van der Waals surface area contributed by atoms with Gasteiger partial charge in [0.2, 0.25) is 0 Å². The molecule has 1 heterocycles. The van der Waals surface area contributed by atoms with Gasteiger partial charge in [0.1, 0.15) is 5.69 Å². The van der Waals surface area contributed by atoms with E-state index < -0.39 is 4.92 Å². The van der Waals surface area contributed by atoms with Crippen LogP contribution in [0.2, 0.25) is 0 Å². The monoisotopic (exact) mass is 340 g/mol. The average Bonchev–Trinajstić information content (AvgIpc) is 2.46. The van der Waals surface area contributed by atoms with Gasteiger partial charge in [0.25, 0.3) is 5.69 Å². The van der Waals surface area contributed by atoms with Crippen molar-refractivity contribution in [1.29, 1.82) is 0 Å². The lowest BCUT2D eigenvalue weighted by Crippen LogP contribution is -2.30. The molecule has 0 atom stereocenters. The van der Waals surface area contributed by atoms with Crippen molar-refractivity contribution in [3.8, 4) is 0 Å². The van der Waals surface area contributed by atoms with Crippen molar-refractivity contribution in [3.05, 3.63) is 44.4 Å². The molecular formula is C13H13BrN2O4. The molecule has 6 nitrogen and oxygen atoms in total. The summed E-state index contributed by atoms with van der Waals surface area (Å²) in [7, 11) is 1.34. The molecule has 7 heteroatoms. The van der Waals surface area contributed by atoms with Crippen LogP contribution in [0.3, 0.4) is 0 Å². The van der Waals surface area contributed by atoms with Crippen LogP contribution in [-0.4, -0.2) is 31.1 Å². The first-order valence-corrected chi connectivity index (χ1v) is 6.78. The number of nitro benzene ring substituents is 1. The second kappa shape index (κ2) is 6.04. The molecule has 0 bridgehead atoms. The maximum absolute atomic E-state index is 11.4. The third-order valence-electron chi connectivity index (χ3n) is 3.13. The highest BCUT2D eigenvalue weighted by Crippen LogP contribution is 2.32. The Hall–Kier alpha value is -1.89. The molecule has 0 unspecified atom stereocenters. The van der Waals surface area contributed by atoms with Gasteiger partial charge in [0.05, 0.1) is 12.0 Å². The fourth-order valence-electron chi connectivity index (χ4n) is 2.11. The van der Waals surface area contributed by atoms with Gasteiger partial charge >= 0.3 is 5.97 Å². The number of carbonyl (C=O) groups excluding carboxylic acids is 1. The van der Waals surface area contributed by atoms with E-state index in [1.807, 2.05) is 4.90 Å². The van der Waals surface area contributed by atoms with E-state index in [0.717, 1.165) is 4.47 Å². The lowest BCUT2D eigenvalue weighted by molar-refractivity contribution is -0.384. The predicted molar refractivity (Wildman–Crippen MR) is 77.7 cm³/mol. The van der Waals surface area contributed by atoms with Crippen molar-refractivity contribution in [2.75, 3.05) is 25.1 Å². The Kier molecular flexibility index (Phi) is 4.39. The Morgan fingerprint density at radius 3 is 2.80 bits per heavy atom. The zero-order valence-electron chi connectivity index (χ0n) is 10.8. The van der Waals surface area contributed by atoms with Crippen LogP contribution in [0.4, 0.5) is 11.4 Å². The van der Waals surface area contributed by atoms with Crippen LogP contribution in [-0.2, 0) is 9.53 Å². The molecule has 0 aromatic heterocycles. The quantitative estimate of drug-likeness (QED) is 0.480. The molecule has 1 aliphatic heterocycles. The summed E-state index contributed by atoms with van der Waals surface area (Å²) in [4.78, 5) is 24.0. The number of carbonyl (C=O) groups is 1. The molecule has 20 heavy (non-hydrogen) atoms. The summed E-state index contributed by atoms with van der Waals surface area (Å²) >= 11 is 3.32. The Bertz CT molecular complexity index is 586. The average molecular weight is 341 g/mol. The summed E-state index contributed by atoms with van der Waals surface area (Å²) < 4.78 is 5.45. The number of hydrogen-bond donors (Lipinski definition) is 0. The highest BCUT2D eigenvalue weighted by molar-refractivity contribution is 9.10. The SMILES string of the molecule is COC(=O)C1=CCN(c2cc(Br)ccc2[N+](=O)[O-])CC1. The molecule has 0 saturated carbocycles. The minimum absolute atomic E-state index is 0.0584. The predicted octanol–water partition coefficient (Wildman–Crippen LogP) is 2.67. The Morgan fingerprint density at radius 2 is 2.25 bits per heavy atom. The van der Waals surface area contributed by atoms with Gasteiger partial charge < -0.3 is 9.64 Å². The van der Waals surface area contributed by atoms with Gasteiger partial charge in [-0.25, -0.2) is 4.79 Å².